The molecule has 1 amide bonds. The van der Waals surface area contributed by atoms with Crippen molar-refractivity contribution in [1.29, 1.82) is 0 Å². The molecule has 0 aromatic carbocycles. The molecule has 6 nitrogen and oxygen atoms in total. The van der Waals surface area contributed by atoms with E-state index in [1.807, 2.05) is 0 Å². The average molecular weight is 246 g/mol. The van der Waals surface area contributed by atoms with E-state index < -0.39 is 0 Å². The van der Waals surface area contributed by atoms with Crippen LogP contribution in [0, 0.1) is 0 Å². The quantitative estimate of drug-likeness (QED) is 0.619. The fourth-order valence-corrected chi connectivity index (χ4v) is 1.80. The third kappa shape index (κ3) is 4.59. The fourth-order valence-electron chi connectivity index (χ4n) is 1.80. The summed E-state index contributed by atoms with van der Waals surface area (Å²) in [7, 11) is 3.19. The van der Waals surface area contributed by atoms with Crippen molar-refractivity contribution in [3.8, 4) is 0 Å². The molecule has 0 aromatic heterocycles. The van der Waals surface area contributed by atoms with Gasteiger partial charge in [0, 0.05) is 27.3 Å². The van der Waals surface area contributed by atoms with Crippen LogP contribution in [0.5, 0.6) is 0 Å². The second kappa shape index (κ2) is 7.60. The van der Waals surface area contributed by atoms with E-state index in [1.54, 1.807) is 14.2 Å². The van der Waals surface area contributed by atoms with E-state index in [1.165, 1.54) is 0 Å². The molecule has 0 spiro atoms. The van der Waals surface area contributed by atoms with Gasteiger partial charge in [0.15, 0.2) is 0 Å². The summed E-state index contributed by atoms with van der Waals surface area (Å²) >= 11 is 0. The molecule has 0 bridgehead atoms. The van der Waals surface area contributed by atoms with E-state index >= 15 is 0 Å². The lowest BCUT2D eigenvalue weighted by molar-refractivity contribution is -0.132. The topological polar surface area (TPSA) is 82.8 Å². The van der Waals surface area contributed by atoms with Crippen LogP contribution in [0.15, 0.2) is 0 Å². The first-order chi connectivity index (χ1) is 8.21. The van der Waals surface area contributed by atoms with E-state index in [0.717, 1.165) is 12.8 Å². The predicted octanol–water partition coefficient (Wildman–Crippen LogP) is -0.730. The third-order valence-corrected chi connectivity index (χ3v) is 2.85. The number of hydrogen-bond acceptors (Lipinski definition) is 5. The van der Waals surface area contributed by atoms with Gasteiger partial charge in [-0.05, 0) is 12.8 Å². The minimum Gasteiger partial charge on any atom is -0.382 e. The van der Waals surface area contributed by atoms with Crippen molar-refractivity contribution in [2.24, 2.45) is 5.73 Å². The molecule has 1 saturated heterocycles. The van der Waals surface area contributed by atoms with Gasteiger partial charge in [-0.3, -0.25) is 4.79 Å². The number of nitrogens with one attached hydrogen (secondary N) is 1. The molecule has 0 radical (unpaired) electrons. The summed E-state index contributed by atoms with van der Waals surface area (Å²) in [6.07, 6.45) is 1.10. The zero-order valence-corrected chi connectivity index (χ0v) is 10.5. The molecule has 3 atom stereocenters. The summed E-state index contributed by atoms with van der Waals surface area (Å²) in [5.41, 5.74) is 5.49. The number of hydrogen-bond donors (Lipinski definition) is 2. The maximum atomic E-state index is 11.8. The zero-order chi connectivity index (χ0) is 12.7. The van der Waals surface area contributed by atoms with Crippen LogP contribution in [-0.2, 0) is 19.0 Å². The molecule has 0 saturated carbocycles. The van der Waals surface area contributed by atoms with Crippen LogP contribution < -0.4 is 11.1 Å². The highest BCUT2D eigenvalue weighted by Crippen LogP contribution is 2.18. The fraction of sp³-hybridized carbons (Fsp3) is 0.909. The van der Waals surface area contributed by atoms with Gasteiger partial charge < -0.3 is 25.3 Å². The van der Waals surface area contributed by atoms with Gasteiger partial charge in [0.05, 0.1) is 18.8 Å². The van der Waals surface area contributed by atoms with Crippen molar-refractivity contribution >= 4 is 5.91 Å². The molecule has 1 aliphatic rings. The van der Waals surface area contributed by atoms with Gasteiger partial charge in [-0.1, -0.05) is 0 Å². The highest BCUT2D eigenvalue weighted by Gasteiger charge is 2.29. The van der Waals surface area contributed by atoms with Crippen molar-refractivity contribution in [3.05, 3.63) is 0 Å². The van der Waals surface area contributed by atoms with Crippen molar-refractivity contribution in [2.75, 3.05) is 33.9 Å². The first-order valence-electron chi connectivity index (χ1n) is 5.86. The smallest absolute Gasteiger partial charge is 0.249 e. The highest BCUT2D eigenvalue weighted by atomic mass is 16.5. The first kappa shape index (κ1) is 14.4. The SMILES string of the molecule is COCC(CNC(=O)C1CCC(CN)O1)OC. The molecule has 100 valence electrons. The summed E-state index contributed by atoms with van der Waals surface area (Å²) in [5, 5.41) is 2.80. The maximum absolute atomic E-state index is 11.8. The molecule has 3 unspecified atom stereocenters. The Morgan fingerprint density at radius 1 is 1.53 bits per heavy atom. The lowest BCUT2D eigenvalue weighted by atomic mass is 10.2. The molecule has 1 aliphatic heterocycles. The van der Waals surface area contributed by atoms with E-state index in [4.69, 9.17) is 19.9 Å². The van der Waals surface area contributed by atoms with Crippen molar-refractivity contribution in [1.82, 2.24) is 5.32 Å². The van der Waals surface area contributed by atoms with Crippen LogP contribution in [0.4, 0.5) is 0 Å². The standard InChI is InChI=1S/C11H22N2O4/c1-15-7-9(16-2)6-13-11(14)10-4-3-8(5-12)17-10/h8-10H,3-7,12H2,1-2H3,(H,13,14). The average Bonchev–Trinajstić information content (AvgIpc) is 2.82. The normalized spacial score (nSPS) is 25.8. The Hall–Kier alpha value is -0.690. The van der Waals surface area contributed by atoms with Gasteiger partial charge in [-0.2, -0.15) is 0 Å². The maximum Gasteiger partial charge on any atom is 0.249 e. The Bertz CT molecular complexity index is 238. The summed E-state index contributed by atoms with van der Waals surface area (Å²) in [4.78, 5) is 11.8. The Labute approximate surface area is 102 Å². The van der Waals surface area contributed by atoms with Crippen LogP contribution in [-0.4, -0.2) is 58.1 Å². The van der Waals surface area contributed by atoms with Crippen molar-refractivity contribution in [3.63, 3.8) is 0 Å². The Morgan fingerprint density at radius 2 is 2.29 bits per heavy atom. The van der Waals surface area contributed by atoms with E-state index in [0.29, 0.717) is 19.7 Å². The number of nitrogens with two attached hydrogens (primary N) is 1. The second-order valence-corrected chi connectivity index (χ2v) is 4.12. The molecule has 3 N–H and O–H groups in total. The molecule has 17 heavy (non-hydrogen) atoms. The number of carbonyl (C=O) groups is 1. The van der Waals surface area contributed by atoms with Crippen molar-refractivity contribution in [2.45, 2.75) is 31.2 Å². The third-order valence-electron chi connectivity index (χ3n) is 2.85. The predicted molar refractivity (Wildman–Crippen MR) is 62.6 cm³/mol. The zero-order valence-electron chi connectivity index (χ0n) is 10.5. The molecule has 0 aliphatic carbocycles. The van der Waals surface area contributed by atoms with Crippen molar-refractivity contribution < 1.29 is 19.0 Å². The monoisotopic (exact) mass is 246 g/mol. The van der Waals surface area contributed by atoms with Gasteiger partial charge in [0.1, 0.15) is 6.10 Å². The minimum atomic E-state index is -0.372. The number of rotatable bonds is 7. The molecular weight excluding hydrogens is 224 g/mol. The number of carbonyl (C=O) groups excluding carboxylic acids is 1. The lowest BCUT2D eigenvalue weighted by Crippen LogP contribution is -2.41. The van der Waals surface area contributed by atoms with Crippen LogP contribution in [0.2, 0.25) is 0 Å². The van der Waals surface area contributed by atoms with Crippen LogP contribution in [0.25, 0.3) is 0 Å². The first-order valence-corrected chi connectivity index (χ1v) is 5.86. The van der Waals surface area contributed by atoms with Gasteiger partial charge in [-0.25, -0.2) is 0 Å². The Kier molecular flexibility index (Phi) is 6.43. The van der Waals surface area contributed by atoms with Crippen LogP contribution >= 0.6 is 0 Å². The summed E-state index contributed by atoms with van der Waals surface area (Å²) in [6, 6.07) is 0. The Morgan fingerprint density at radius 3 is 2.82 bits per heavy atom. The summed E-state index contributed by atoms with van der Waals surface area (Å²) < 4.78 is 15.6. The molecule has 1 heterocycles. The highest BCUT2D eigenvalue weighted by molar-refractivity contribution is 5.81. The molecule has 1 rings (SSSR count). The molecule has 0 aromatic rings. The summed E-state index contributed by atoms with van der Waals surface area (Å²) in [6.45, 7) is 1.35. The molecular formula is C11H22N2O4. The molecule has 1 fully saturated rings. The second-order valence-electron chi connectivity index (χ2n) is 4.12. The molecule has 6 heteroatoms. The van der Waals surface area contributed by atoms with Crippen LogP contribution in [0.3, 0.4) is 0 Å². The van der Waals surface area contributed by atoms with E-state index in [9.17, 15) is 4.79 Å². The van der Waals surface area contributed by atoms with Gasteiger partial charge in [-0.15, -0.1) is 0 Å². The van der Waals surface area contributed by atoms with E-state index in [2.05, 4.69) is 5.32 Å². The Balaban J connectivity index is 2.25. The van der Waals surface area contributed by atoms with Gasteiger partial charge >= 0.3 is 0 Å². The van der Waals surface area contributed by atoms with E-state index in [-0.39, 0.29) is 24.2 Å². The number of amides is 1. The summed E-state index contributed by atoms with van der Waals surface area (Å²) in [5.74, 6) is -0.0981. The van der Waals surface area contributed by atoms with Gasteiger partial charge in [0.2, 0.25) is 5.91 Å². The van der Waals surface area contributed by atoms with Crippen LogP contribution in [0.1, 0.15) is 12.8 Å². The largest absolute Gasteiger partial charge is 0.382 e. The number of ether oxygens (including phenoxy) is 3. The number of methoxy groups -OCH3 is 2. The lowest BCUT2D eigenvalue weighted by Gasteiger charge is -2.17. The minimum absolute atomic E-state index is 0.0166. The van der Waals surface area contributed by atoms with Gasteiger partial charge in [0.25, 0.3) is 0 Å².